The zero-order chi connectivity index (χ0) is 6.78. The molecule has 8 heavy (non-hydrogen) atoms. The van der Waals surface area contributed by atoms with Crippen LogP contribution in [0.3, 0.4) is 0 Å². The monoisotopic (exact) mass is 160 g/mol. The zero-order valence-electron chi connectivity index (χ0n) is 3.34. The van der Waals surface area contributed by atoms with Crippen molar-refractivity contribution in [1.29, 1.82) is 0 Å². The van der Waals surface area contributed by atoms with Crippen molar-refractivity contribution in [3.05, 3.63) is 0 Å². The lowest BCUT2D eigenvalue weighted by Gasteiger charge is -1.79. The van der Waals surface area contributed by atoms with Crippen molar-refractivity contribution < 1.29 is 26.1 Å². The second-order valence-corrected chi connectivity index (χ2v) is 2.62. The summed E-state index contributed by atoms with van der Waals surface area (Å²) in [5.41, 5.74) is 0. The van der Waals surface area contributed by atoms with E-state index in [9.17, 15) is 17.5 Å². The van der Waals surface area contributed by atoms with Gasteiger partial charge in [0.05, 0.1) is 0 Å². The Bertz CT molecular complexity index is 209. The standard InChI is InChI=1S/HO6PS/c1-7(2)6-8(3,4)5/h(H,3,4,5). The van der Waals surface area contributed by atoms with Crippen LogP contribution in [0.2, 0.25) is 0 Å². The highest BCUT2D eigenvalue weighted by Gasteiger charge is 2.06. The maximum Gasteiger partial charge on any atom is 0.485 e. The first-order valence-corrected chi connectivity index (χ1v) is 3.69. The molecule has 0 saturated heterocycles. The van der Waals surface area contributed by atoms with Gasteiger partial charge in [0, 0.05) is 0 Å². The van der Waals surface area contributed by atoms with Gasteiger partial charge >= 0.3 is 18.3 Å². The highest BCUT2D eigenvalue weighted by molar-refractivity contribution is 7.83. The van der Waals surface area contributed by atoms with E-state index in [2.05, 4.69) is 3.97 Å². The quantitative estimate of drug-likeness (QED) is 0.447. The van der Waals surface area contributed by atoms with Gasteiger partial charge in [0.25, 0.3) is 0 Å². The molecule has 0 unspecified atom stereocenters. The summed E-state index contributed by atoms with van der Waals surface area (Å²) in [6.07, 6.45) is 0. The molecule has 0 aliphatic rings. The Balaban J connectivity index is 4.16. The van der Waals surface area contributed by atoms with E-state index in [1.165, 1.54) is 0 Å². The highest BCUT2D eigenvalue weighted by Crippen LogP contribution is 2.07. The van der Waals surface area contributed by atoms with Gasteiger partial charge in [-0.15, -0.1) is 3.97 Å². The van der Waals surface area contributed by atoms with Crippen LogP contribution >= 0.6 is 7.91 Å². The first-order chi connectivity index (χ1) is 3.42. The van der Waals surface area contributed by atoms with Crippen LogP contribution in [-0.4, -0.2) is 13.0 Å². The lowest BCUT2D eigenvalue weighted by Crippen LogP contribution is -1.93. The topological polar surface area (TPSA) is 97.7 Å². The molecule has 6 nitrogen and oxygen atoms in total. The lowest BCUT2D eigenvalue weighted by atomic mass is 15.8. The molecule has 0 aliphatic carbocycles. The van der Waals surface area contributed by atoms with Crippen molar-refractivity contribution in [3.63, 3.8) is 0 Å². The van der Waals surface area contributed by atoms with Crippen molar-refractivity contribution in [2.45, 2.75) is 0 Å². The molecule has 0 aromatic rings. The van der Waals surface area contributed by atoms with Crippen LogP contribution in [-0.2, 0) is 23.5 Å². The third kappa shape index (κ3) is 5.77. The van der Waals surface area contributed by atoms with E-state index in [-0.39, 0.29) is 0 Å². The predicted molar refractivity (Wildman–Crippen MR) is 20.9 cm³/mol. The highest BCUT2D eigenvalue weighted by atomic mass is 32.3. The zero-order valence-corrected chi connectivity index (χ0v) is 5.05. The molecular weight excluding hydrogens is 159 g/mol. The van der Waals surface area contributed by atoms with E-state index in [0.717, 1.165) is 0 Å². The van der Waals surface area contributed by atoms with E-state index in [4.69, 9.17) is 4.55 Å². The molecule has 0 aromatic heterocycles. The molecule has 0 fully saturated rings. The summed E-state index contributed by atoms with van der Waals surface area (Å²) in [7, 11) is -8.35. The Hall–Kier alpha value is -0.230. The van der Waals surface area contributed by atoms with Crippen molar-refractivity contribution in [2.24, 2.45) is 0 Å². The van der Waals surface area contributed by atoms with E-state index < -0.39 is 18.3 Å². The molecular formula is HO6PS. The van der Waals surface area contributed by atoms with Gasteiger partial charge < -0.3 is 0 Å². The summed E-state index contributed by atoms with van der Waals surface area (Å²) in [6.45, 7) is 0. The van der Waals surface area contributed by atoms with Gasteiger partial charge in [0.1, 0.15) is 0 Å². The molecule has 0 saturated carbocycles. The molecule has 0 rings (SSSR count). The lowest BCUT2D eigenvalue weighted by molar-refractivity contribution is 0.372. The number of rotatable bonds is 2. The molecule has 0 bridgehead atoms. The van der Waals surface area contributed by atoms with Crippen molar-refractivity contribution >= 4 is 18.3 Å². The summed E-state index contributed by atoms with van der Waals surface area (Å²) in [6, 6.07) is 0. The largest absolute Gasteiger partial charge is 0.485 e. The van der Waals surface area contributed by atoms with Crippen molar-refractivity contribution in [2.75, 3.05) is 0 Å². The fourth-order valence-electron chi connectivity index (χ4n) is 0.0769. The average molecular weight is 160 g/mol. The maximum atomic E-state index is 9.39. The van der Waals surface area contributed by atoms with Crippen LogP contribution in [0.1, 0.15) is 0 Å². The third-order valence-electron chi connectivity index (χ3n) is 0.155. The van der Waals surface area contributed by atoms with Gasteiger partial charge in [-0.3, -0.25) is 4.55 Å². The summed E-state index contributed by atoms with van der Waals surface area (Å²) in [4.78, 5) is 0. The van der Waals surface area contributed by atoms with Crippen molar-refractivity contribution in [1.82, 2.24) is 0 Å². The third-order valence-corrected chi connectivity index (χ3v) is 1.40. The van der Waals surface area contributed by atoms with E-state index in [1.54, 1.807) is 0 Å². The van der Waals surface area contributed by atoms with Crippen LogP contribution in [0.5, 0.6) is 0 Å². The molecule has 0 spiro atoms. The van der Waals surface area contributed by atoms with Gasteiger partial charge in [0.2, 0.25) is 0 Å². The van der Waals surface area contributed by atoms with Crippen LogP contribution < -0.4 is 0 Å². The van der Waals surface area contributed by atoms with Gasteiger partial charge in [-0.1, -0.05) is 0 Å². The number of hydrogen-bond acceptors (Lipinski definition) is 5. The van der Waals surface area contributed by atoms with Gasteiger partial charge in [0.15, 0.2) is 0 Å². The number of hydrogen-bond donors (Lipinski definition) is 1. The van der Waals surface area contributed by atoms with Gasteiger partial charge in [-0.05, 0) is 0 Å². The fraction of sp³-hybridized carbons (Fsp3) is 0. The average Bonchev–Trinajstić information content (AvgIpc) is 1.21. The van der Waals surface area contributed by atoms with Gasteiger partial charge in [-0.25, -0.2) is 9.13 Å². The minimum atomic E-state index is -4.82. The molecule has 8 heteroatoms. The second-order valence-electron chi connectivity index (χ2n) is 0.726. The molecule has 1 N–H and O–H groups in total. The summed E-state index contributed by atoms with van der Waals surface area (Å²) in [5, 5.41) is 0. The second kappa shape index (κ2) is 2.36. The van der Waals surface area contributed by atoms with Crippen LogP contribution in [0.4, 0.5) is 0 Å². The molecule has 0 amide bonds. The molecule has 0 aromatic carbocycles. The minimum Gasteiger partial charge on any atom is -0.263 e. The fourth-order valence-corrected chi connectivity index (χ4v) is 0.692. The van der Waals surface area contributed by atoms with Crippen LogP contribution in [0, 0.1) is 0 Å². The van der Waals surface area contributed by atoms with E-state index in [0.29, 0.717) is 0 Å². The Labute approximate surface area is 45.3 Å². The Morgan fingerprint density at radius 2 is 1.75 bits per heavy atom. The Morgan fingerprint density at radius 1 is 1.38 bits per heavy atom. The SMILES string of the molecule is O=P(=O)OS(=O)(=O)O. The van der Waals surface area contributed by atoms with E-state index in [1.807, 2.05) is 0 Å². The first-order valence-electron chi connectivity index (χ1n) is 1.23. The van der Waals surface area contributed by atoms with E-state index >= 15 is 0 Å². The molecule has 0 atom stereocenters. The summed E-state index contributed by atoms with van der Waals surface area (Å²) >= 11 is 0. The minimum absolute atomic E-state index is 2.92. The summed E-state index contributed by atoms with van der Waals surface area (Å²) < 4.78 is 47.8. The Kier molecular flexibility index (Phi) is 2.29. The van der Waals surface area contributed by atoms with Crippen LogP contribution in [0.15, 0.2) is 0 Å². The molecule has 0 radical (unpaired) electrons. The normalized spacial score (nSPS) is 11.1. The first kappa shape index (κ1) is 7.77. The van der Waals surface area contributed by atoms with Gasteiger partial charge in [-0.2, -0.15) is 8.42 Å². The molecule has 48 valence electrons. The summed E-state index contributed by atoms with van der Waals surface area (Å²) in [5.74, 6) is 0. The molecule has 0 aliphatic heterocycles. The Morgan fingerprint density at radius 3 is 1.75 bits per heavy atom. The maximum absolute atomic E-state index is 9.39. The van der Waals surface area contributed by atoms with Crippen LogP contribution in [0.25, 0.3) is 0 Å². The predicted octanol–water partition coefficient (Wildman–Crippen LogP) is -0.106. The smallest absolute Gasteiger partial charge is 0.263 e. The van der Waals surface area contributed by atoms with Crippen molar-refractivity contribution in [3.8, 4) is 0 Å². The molecule has 0 heterocycles.